The Labute approximate surface area is 131 Å². The molecule has 0 bridgehead atoms. The smallest absolute Gasteiger partial charge is 0.357 e. The van der Waals surface area contributed by atoms with Crippen LogP contribution in [0.15, 0.2) is 21.7 Å². The first-order valence-corrected chi connectivity index (χ1v) is 6.42. The number of hydrogen-bond donors (Lipinski definition) is 3. The Balaban J connectivity index is 2.53. The summed E-state index contributed by atoms with van der Waals surface area (Å²) >= 11 is 11.5. The van der Waals surface area contributed by atoms with Crippen LogP contribution < -0.4 is 11.2 Å². The summed E-state index contributed by atoms with van der Waals surface area (Å²) in [5.74, 6) is -0.295. The molecule has 0 fully saturated rings. The first kappa shape index (κ1) is 15.8. The lowest BCUT2D eigenvalue weighted by atomic mass is 10.2. The molecule has 22 heavy (non-hydrogen) atoms. The summed E-state index contributed by atoms with van der Waals surface area (Å²) in [7, 11) is 0. The Morgan fingerprint density at radius 2 is 1.73 bits per heavy atom. The zero-order chi connectivity index (χ0) is 16.4. The number of aromatic nitrogens is 2. The van der Waals surface area contributed by atoms with Crippen molar-refractivity contribution in [2.24, 2.45) is 0 Å². The van der Waals surface area contributed by atoms with E-state index in [1.807, 2.05) is 0 Å². The van der Waals surface area contributed by atoms with E-state index in [1.165, 1.54) is 18.2 Å². The number of phenolic OH excluding ortho intramolecular Hbond substituents is 1. The Morgan fingerprint density at radius 3 is 2.27 bits per heavy atom. The van der Waals surface area contributed by atoms with Crippen molar-refractivity contribution < 1.29 is 10.0 Å². The summed E-state index contributed by atoms with van der Waals surface area (Å²) in [5.41, 5.74) is -2.67. The first-order valence-electron chi connectivity index (χ1n) is 5.66. The number of nitrogens with one attached hydrogen (secondary N) is 2. The van der Waals surface area contributed by atoms with E-state index in [-0.39, 0.29) is 21.5 Å². The number of benzene rings is 1. The first-order chi connectivity index (χ1) is 10.3. The summed E-state index contributed by atoms with van der Waals surface area (Å²) in [6, 6.07) is 2.72. The van der Waals surface area contributed by atoms with Gasteiger partial charge in [-0.2, -0.15) is 0 Å². The molecule has 0 aliphatic heterocycles. The molecule has 2 aromatic rings. The van der Waals surface area contributed by atoms with Crippen LogP contribution in [0.1, 0.15) is 11.3 Å². The van der Waals surface area contributed by atoms with Gasteiger partial charge in [0, 0.05) is 0 Å². The summed E-state index contributed by atoms with van der Waals surface area (Å²) < 4.78 is 0. The maximum atomic E-state index is 11.4. The third-order valence-corrected chi connectivity index (χ3v) is 3.19. The van der Waals surface area contributed by atoms with E-state index in [0.717, 1.165) is 6.08 Å². The van der Waals surface area contributed by atoms with E-state index in [4.69, 9.17) is 23.2 Å². The highest BCUT2D eigenvalue weighted by molar-refractivity contribution is 6.37. The molecule has 0 aliphatic carbocycles. The van der Waals surface area contributed by atoms with Crippen LogP contribution in [0.3, 0.4) is 0 Å². The van der Waals surface area contributed by atoms with Crippen LogP contribution in [-0.2, 0) is 0 Å². The van der Waals surface area contributed by atoms with E-state index in [0.29, 0.717) is 5.56 Å². The molecule has 0 spiro atoms. The molecule has 0 saturated carbocycles. The number of nitrogens with zero attached hydrogens (tertiary/aromatic N) is 1. The van der Waals surface area contributed by atoms with Crippen LogP contribution in [0.25, 0.3) is 12.2 Å². The van der Waals surface area contributed by atoms with Crippen molar-refractivity contribution in [2.45, 2.75) is 0 Å². The van der Waals surface area contributed by atoms with Gasteiger partial charge in [0.1, 0.15) is 5.69 Å². The average Bonchev–Trinajstić information content (AvgIpc) is 2.41. The van der Waals surface area contributed by atoms with Crippen LogP contribution in [0, 0.1) is 10.1 Å². The molecule has 0 atom stereocenters. The van der Waals surface area contributed by atoms with E-state index in [1.54, 1.807) is 4.98 Å². The van der Waals surface area contributed by atoms with E-state index >= 15 is 0 Å². The normalized spacial score (nSPS) is 11.0. The summed E-state index contributed by atoms with van der Waals surface area (Å²) in [4.78, 5) is 36.5. The summed E-state index contributed by atoms with van der Waals surface area (Å²) in [6.45, 7) is 0. The van der Waals surface area contributed by atoms with E-state index in [9.17, 15) is 24.8 Å². The van der Waals surface area contributed by atoms with Gasteiger partial charge in [-0.15, -0.1) is 0 Å². The number of aromatic hydroxyl groups is 1. The molecule has 1 aromatic carbocycles. The van der Waals surface area contributed by atoms with Gasteiger partial charge >= 0.3 is 16.9 Å². The topological polar surface area (TPSA) is 129 Å². The molecule has 0 aliphatic rings. The molecule has 0 amide bonds. The minimum Gasteiger partial charge on any atom is -0.505 e. The number of phenols is 1. The van der Waals surface area contributed by atoms with E-state index < -0.39 is 21.9 Å². The van der Waals surface area contributed by atoms with Gasteiger partial charge in [0.15, 0.2) is 5.75 Å². The zero-order valence-corrected chi connectivity index (χ0v) is 12.1. The number of rotatable bonds is 3. The van der Waals surface area contributed by atoms with Gasteiger partial charge in [0.2, 0.25) is 0 Å². The zero-order valence-electron chi connectivity index (χ0n) is 10.6. The molecule has 0 radical (unpaired) electrons. The maximum Gasteiger partial charge on any atom is 0.357 e. The fourth-order valence-electron chi connectivity index (χ4n) is 1.66. The summed E-state index contributed by atoms with van der Waals surface area (Å²) in [5, 5.41) is 20.3. The molecule has 8 nitrogen and oxygen atoms in total. The number of aromatic amines is 2. The SMILES string of the molecule is O=c1[nH]c(C=Cc2cc(Cl)c(O)c(Cl)c2)c([N+](=O)[O-])c(=O)[nH]1. The minimum atomic E-state index is -1.12. The fraction of sp³-hybridized carbons (Fsp3) is 0. The molecule has 1 aromatic heterocycles. The Bertz CT molecular complexity index is 877. The number of H-pyrrole nitrogens is 2. The average molecular weight is 344 g/mol. The van der Waals surface area contributed by atoms with Crippen molar-refractivity contribution in [2.75, 3.05) is 0 Å². The number of halogens is 2. The molecule has 2 rings (SSSR count). The molecular weight excluding hydrogens is 337 g/mol. The van der Waals surface area contributed by atoms with Gasteiger partial charge in [-0.3, -0.25) is 19.9 Å². The van der Waals surface area contributed by atoms with Crippen molar-refractivity contribution in [3.05, 3.63) is 64.4 Å². The van der Waals surface area contributed by atoms with Gasteiger partial charge in [-0.05, 0) is 23.8 Å². The lowest BCUT2D eigenvalue weighted by molar-refractivity contribution is -0.386. The van der Waals surface area contributed by atoms with Crippen LogP contribution in [0.5, 0.6) is 5.75 Å². The lowest BCUT2D eigenvalue weighted by Crippen LogP contribution is -2.25. The Hall–Kier alpha value is -2.58. The molecule has 10 heteroatoms. The monoisotopic (exact) mass is 343 g/mol. The Kier molecular flexibility index (Phi) is 4.34. The van der Waals surface area contributed by atoms with Crippen LogP contribution in [0.2, 0.25) is 10.0 Å². The minimum absolute atomic E-state index is 0.0129. The van der Waals surface area contributed by atoms with Gasteiger partial charge in [0.05, 0.1) is 15.0 Å². The number of hydrogen-bond acceptors (Lipinski definition) is 5. The van der Waals surface area contributed by atoms with E-state index in [2.05, 4.69) is 4.98 Å². The van der Waals surface area contributed by atoms with Crippen molar-refractivity contribution in [3.63, 3.8) is 0 Å². The summed E-state index contributed by atoms with van der Waals surface area (Å²) in [6.07, 6.45) is 2.50. The highest BCUT2D eigenvalue weighted by atomic mass is 35.5. The van der Waals surface area contributed by atoms with Crippen molar-refractivity contribution in [1.29, 1.82) is 0 Å². The number of nitro groups is 1. The van der Waals surface area contributed by atoms with Gasteiger partial charge in [0.25, 0.3) is 0 Å². The third kappa shape index (κ3) is 3.18. The fourth-order valence-corrected chi connectivity index (χ4v) is 2.16. The highest BCUT2D eigenvalue weighted by Crippen LogP contribution is 2.33. The van der Waals surface area contributed by atoms with Crippen molar-refractivity contribution in [3.8, 4) is 5.75 Å². The van der Waals surface area contributed by atoms with Crippen LogP contribution in [-0.4, -0.2) is 20.0 Å². The second-order valence-electron chi connectivity index (χ2n) is 4.09. The lowest BCUT2D eigenvalue weighted by Gasteiger charge is -2.01. The molecule has 114 valence electrons. The maximum absolute atomic E-state index is 11.4. The molecular formula is C12H7Cl2N3O5. The van der Waals surface area contributed by atoms with Gasteiger partial charge in [-0.25, -0.2) is 4.79 Å². The van der Waals surface area contributed by atoms with Crippen LogP contribution in [0.4, 0.5) is 5.69 Å². The van der Waals surface area contributed by atoms with Gasteiger partial charge < -0.3 is 10.1 Å². The Morgan fingerprint density at radius 1 is 1.14 bits per heavy atom. The van der Waals surface area contributed by atoms with Crippen LogP contribution >= 0.6 is 23.2 Å². The molecule has 1 heterocycles. The standard InChI is InChI=1S/C12H7Cl2N3O5/c13-6-3-5(4-7(14)10(6)18)1-2-8-9(17(21)22)11(19)16-12(20)15-8/h1-4,18H,(H2,15,16,19,20). The quantitative estimate of drug-likeness (QED) is 0.580. The van der Waals surface area contributed by atoms with Crippen molar-refractivity contribution in [1.82, 2.24) is 9.97 Å². The predicted octanol–water partition coefficient (Wildman–Crippen LogP) is 2.15. The second-order valence-corrected chi connectivity index (χ2v) is 4.91. The largest absolute Gasteiger partial charge is 0.505 e. The van der Waals surface area contributed by atoms with Crippen molar-refractivity contribution >= 4 is 41.0 Å². The molecule has 3 N–H and O–H groups in total. The predicted molar refractivity (Wildman–Crippen MR) is 81.4 cm³/mol. The third-order valence-electron chi connectivity index (χ3n) is 2.61. The second kappa shape index (κ2) is 6.04. The van der Waals surface area contributed by atoms with Gasteiger partial charge in [-0.1, -0.05) is 29.3 Å². The molecule has 0 saturated heterocycles. The highest BCUT2D eigenvalue weighted by Gasteiger charge is 2.18. The molecule has 0 unspecified atom stereocenters.